The fourth-order valence-electron chi connectivity index (χ4n) is 4.34. The molecule has 1 aromatic rings. The van der Waals surface area contributed by atoms with Gasteiger partial charge in [-0.2, -0.15) is 0 Å². The summed E-state index contributed by atoms with van der Waals surface area (Å²) < 4.78 is 10.6. The number of aliphatic hydroxyl groups is 2. The average molecular weight is 550 g/mol. The number of alkyl carbamates (subject to hydrolysis) is 1. The second-order valence-electron chi connectivity index (χ2n) is 12.0. The number of benzene rings is 1. The molecule has 0 spiro atoms. The van der Waals surface area contributed by atoms with Gasteiger partial charge in [-0.05, 0) is 49.5 Å². The third-order valence-corrected chi connectivity index (χ3v) is 6.73. The quantitative estimate of drug-likeness (QED) is 0.167. The molecule has 1 aliphatic heterocycles. The summed E-state index contributed by atoms with van der Waals surface area (Å²) in [6.07, 6.45) is 0.218. The molecule has 39 heavy (non-hydrogen) atoms. The van der Waals surface area contributed by atoms with Crippen molar-refractivity contribution in [1.29, 1.82) is 0 Å². The van der Waals surface area contributed by atoms with E-state index in [1.165, 1.54) is 0 Å². The molecule has 1 heterocycles. The lowest BCUT2D eigenvalue weighted by atomic mass is 9.88. The molecule has 1 saturated heterocycles. The molecule has 10 heteroatoms. The van der Waals surface area contributed by atoms with Crippen molar-refractivity contribution >= 4 is 17.9 Å². The molecule has 1 aromatic carbocycles. The number of ether oxygens (including phenoxy) is 2. The molecule has 0 aromatic heterocycles. The van der Waals surface area contributed by atoms with Gasteiger partial charge >= 0.3 is 6.09 Å². The minimum absolute atomic E-state index is 0.0502. The van der Waals surface area contributed by atoms with Gasteiger partial charge in [0.25, 0.3) is 0 Å². The molecular formula is C29H47N3O7. The molecule has 3 amide bonds. The van der Waals surface area contributed by atoms with Crippen LogP contribution in [0.2, 0.25) is 0 Å². The fourth-order valence-corrected chi connectivity index (χ4v) is 4.34. The van der Waals surface area contributed by atoms with E-state index in [9.17, 15) is 24.6 Å². The zero-order valence-corrected chi connectivity index (χ0v) is 24.3. The van der Waals surface area contributed by atoms with Gasteiger partial charge in [0.1, 0.15) is 24.3 Å². The van der Waals surface area contributed by atoms with Crippen molar-refractivity contribution in [2.24, 2.45) is 17.8 Å². The molecule has 2 rings (SSSR count). The maximum Gasteiger partial charge on any atom is 0.408 e. The largest absolute Gasteiger partial charge is 0.445 e. The Balaban J connectivity index is 2.12. The molecule has 5 N–H and O–H groups in total. The number of nitrogens with one attached hydrogen (secondary N) is 3. The van der Waals surface area contributed by atoms with Crippen LogP contribution in [0.1, 0.15) is 73.3 Å². The Morgan fingerprint density at radius 3 is 1.85 bits per heavy atom. The van der Waals surface area contributed by atoms with Crippen molar-refractivity contribution in [1.82, 2.24) is 16.0 Å². The number of carbonyl (C=O) groups is 3. The van der Waals surface area contributed by atoms with Crippen LogP contribution in [0.3, 0.4) is 0 Å². The van der Waals surface area contributed by atoms with Crippen LogP contribution in [-0.4, -0.2) is 64.2 Å². The van der Waals surface area contributed by atoms with Crippen molar-refractivity contribution in [3.05, 3.63) is 35.9 Å². The first kappa shape index (κ1) is 32.5. The SMILES string of the molecule is CC(C)C[C@H](NC(=O)OCc1ccccc1)C(=O)N[C@@H](CC(C)C)C(=O)N[C@@H](CC(C)C)C(O)(O)[C@@]1(C)CO1. The van der Waals surface area contributed by atoms with Crippen LogP contribution in [0.15, 0.2) is 30.3 Å². The van der Waals surface area contributed by atoms with E-state index in [0.717, 1.165) is 5.56 Å². The van der Waals surface area contributed by atoms with E-state index in [-0.39, 0.29) is 31.0 Å². The zero-order chi connectivity index (χ0) is 29.4. The van der Waals surface area contributed by atoms with E-state index in [1.807, 2.05) is 71.9 Å². The number of amides is 3. The summed E-state index contributed by atoms with van der Waals surface area (Å²) in [5, 5.41) is 30.0. The highest BCUT2D eigenvalue weighted by Crippen LogP contribution is 2.39. The average Bonchev–Trinajstić information content (AvgIpc) is 3.60. The lowest BCUT2D eigenvalue weighted by molar-refractivity contribution is -0.225. The first-order valence-corrected chi connectivity index (χ1v) is 13.8. The van der Waals surface area contributed by atoms with Crippen LogP contribution in [0, 0.1) is 17.8 Å². The summed E-state index contributed by atoms with van der Waals surface area (Å²) in [4.78, 5) is 39.3. The van der Waals surface area contributed by atoms with Gasteiger partial charge in [0, 0.05) is 0 Å². The van der Waals surface area contributed by atoms with E-state index in [0.29, 0.717) is 19.3 Å². The van der Waals surface area contributed by atoms with Crippen LogP contribution in [-0.2, 0) is 25.7 Å². The normalized spacial score (nSPS) is 19.4. The Hall–Kier alpha value is -2.69. The number of hydrogen-bond acceptors (Lipinski definition) is 7. The fraction of sp³-hybridized carbons (Fsp3) is 0.690. The summed E-state index contributed by atoms with van der Waals surface area (Å²) in [7, 11) is 0. The summed E-state index contributed by atoms with van der Waals surface area (Å²) in [6.45, 7) is 13.3. The lowest BCUT2D eigenvalue weighted by Crippen LogP contribution is -2.63. The maximum absolute atomic E-state index is 13.4. The van der Waals surface area contributed by atoms with Gasteiger partial charge in [-0.3, -0.25) is 9.59 Å². The molecule has 0 unspecified atom stereocenters. The molecule has 220 valence electrons. The molecule has 0 aliphatic carbocycles. The Bertz CT molecular complexity index is 945. The van der Waals surface area contributed by atoms with E-state index in [1.54, 1.807) is 6.92 Å². The molecule has 1 fully saturated rings. The predicted octanol–water partition coefficient (Wildman–Crippen LogP) is 2.86. The number of carbonyl (C=O) groups excluding carboxylic acids is 3. The summed E-state index contributed by atoms with van der Waals surface area (Å²) in [5.41, 5.74) is -0.361. The second kappa shape index (κ2) is 14.1. The highest BCUT2D eigenvalue weighted by Gasteiger charge is 2.61. The van der Waals surface area contributed by atoms with E-state index in [4.69, 9.17) is 9.47 Å². The number of rotatable bonds is 15. The topological polar surface area (TPSA) is 150 Å². The van der Waals surface area contributed by atoms with Crippen LogP contribution in [0.4, 0.5) is 4.79 Å². The lowest BCUT2D eigenvalue weighted by Gasteiger charge is -2.37. The van der Waals surface area contributed by atoms with Gasteiger partial charge in [-0.1, -0.05) is 71.9 Å². The smallest absolute Gasteiger partial charge is 0.408 e. The Morgan fingerprint density at radius 1 is 0.872 bits per heavy atom. The maximum atomic E-state index is 13.4. The summed E-state index contributed by atoms with van der Waals surface area (Å²) in [5.74, 6) is -3.16. The van der Waals surface area contributed by atoms with E-state index < -0.39 is 47.4 Å². The van der Waals surface area contributed by atoms with Crippen molar-refractivity contribution in [3.8, 4) is 0 Å². The Morgan fingerprint density at radius 2 is 1.36 bits per heavy atom. The monoisotopic (exact) mass is 549 g/mol. The van der Waals surface area contributed by atoms with Gasteiger partial charge in [0.2, 0.25) is 17.6 Å². The molecular weight excluding hydrogens is 502 g/mol. The minimum Gasteiger partial charge on any atom is -0.445 e. The van der Waals surface area contributed by atoms with Gasteiger partial charge in [0.15, 0.2) is 0 Å². The van der Waals surface area contributed by atoms with Crippen LogP contribution in [0.5, 0.6) is 0 Å². The van der Waals surface area contributed by atoms with Gasteiger partial charge in [0.05, 0.1) is 12.6 Å². The standard InChI is InChI=1S/C29H47N3O7/c1-18(2)13-22(26(34)32-24(15-20(5)6)29(36,37)28(7)17-39-28)30-25(33)23(14-19(3)4)31-27(35)38-16-21-11-9-8-10-12-21/h8-12,18-20,22-24,36-37H,13-17H2,1-7H3,(H,30,33)(H,31,35)(H,32,34)/t22-,23-,24-,28+/m0/s1. The van der Waals surface area contributed by atoms with E-state index in [2.05, 4.69) is 16.0 Å². The molecule has 0 bridgehead atoms. The van der Waals surface area contributed by atoms with Crippen LogP contribution >= 0.6 is 0 Å². The third kappa shape index (κ3) is 10.1. The first-order valence-electron chi connectivity index (χ1n) is 13.8. The third-order valence-electron chi connectivity index (χ3n) is 6.73. The van der Waals surface area contributed by atoms with Crippen molar-refractivity contribution in [3.63, 3.8) is 0 Å². The van der Waals surface area contributed by atoms with Crippen LogP contribution < -0.4 is 16.0 Å². The van der Waals surface area contributed by atoms with Crippen molar-refractivity contribution in [2.75, 3.05) is 6.61 Å². The first-order chi connectivity index (χ1) is 18.1. The van der Waals surface area contributed by atoms with Crippen LogP contribution in [0.25, 0.3) is 0 Å². The van der Waals surface area contributed by atoms with E-state index >= 15 is 0 Å². The highest BCUT2D eigenvalue weighted by molar-refractivity contribution is 5.91. The molecule has 0 saturated carbocycles. The minimum atomic E-state index is -2.29. The number of epoxide rings is 1. The molecule has 1 aliphatic rings. The van der Waals surface area contributed by atoms with Gasteiger partial charge in [-0.25, -0.2) is 4.79 Å². The van der Waals surface area contributed by atoms with Crippen molar-refractivity contribution < 1.29 is 34.1 Å². The van der Waals surface area contributed by atoms with Crippen molar-refractivity contribution in [2.45, 2.75) is 104 Å². The second-order valence-corrected chi connectivity index (χ2v) is 12.0. The molecule has 10 nitrogen and oxygen atoms in total. The predicted molar refractivity (Wildman–Crippen MR) is 147 cm³/mol. The zero-order valence-electron chi connectivity index (χ0n) is 24.3. The van der Waals surface area contributed by atoms with Gasteiger partial charge in [-0.15, -0.1) is 0 Å². The molecule has 0 radical (unpaired) electrons. The Kier molecular flexibility index (Phi) is 11.8. The summed E-state index contributed by atoms with van der Waals surface area (Å²) in [6, 6.07) is 6.32. The summed E-state index contributed by atoms with van der Waals surface area (Å²) >= 11 is 0. The van der Waals surface area contributed by atoms with Gasteiger partial charge < -0.3 is 35.6 Å². The number of hydrogen-bond donors (Lipinski definition) is 5. The molecule has 4 atom stereocenters. The Labute approximate surface area is 232 Å². The highest BCUT2D eigenvalue weighted by atomic mass is 16.6.